The van der Waals surface area contributed by atoms with Crippen molar-refractivity contribution in [1.82, 2.24) is 9.97 Å². The molecular weight excluding hydrogens is 185 g/mol. The third-order valence-corrected chi connectivity index (χ3v) is 1.75. The van der Waals surface area contributed by atoms with Crippen molar-refractivity contribution in [2.45, 2.75) is 0 Å². The van der Waals surface area contributed by atoms with E-state index in [0.29, 0.717) is 0 Å². The van der Waals surface area contributed by atoms with Gasteiger partial charge >= 0.3 is 0 Å². The maximum absolute atomic E-state index is 12.3. The fourth-order valence-corrected chi connectivity index (χ4v) is 0.772. The highest BCUT2D eigenvalue weighted by molar-refractivity contribution is 7.80. The highest BCUT2D eigenvalue weighted by atomic mass is 32.2. The van der Waals surface area contributed by atoms with Crippen LogP contribution in [0, 0.1) is 5.82 Å². The summed E-state index contributed by atoms with van der Waals surface area (Å²) in [5.74, 6) is -0.590. The summed E-state index contributed by atoms with van der Waals surface area (Å²) in [7, 11) is 1.32. The van der Waals surface area contributed by atoms with Crippen molar-refractivity contribution in [3.05, 3.63) is 18.2 Å². The molecule has 12 heavy (non-hydrogen) atoms. The van der Waals surface area contributed by atoms with Crippen molar-refractivity contribution < 1.29 is 13.2 Å². The first-order valence-electron chi connectivity index (χ1n) is 2.93. The van der Waals surface area contributed by atoms with Gasteiger partial charge in [-0.25, -0.2) is 22.9 Å². The van der Waals surface area contributed by atoms with Gasteiger partial charge in [0.05, 0.1) is 12.4 Å². The molecule has 7 heteroatoms. The van der Waals surface area contributed by atoms with Crippen molar-refractivity contribution in [2.24, 2.45) is 0 Å². The van der Waals surface area contributed by atoms with Crippen molar-refractivity contribution >= 4 is 17.2 Å². The van der Waals surface area contributed by atoms with Crippen LogP contribution in [0.2, 0.25) is 0 Å². The maximum Gasteiger partial charge on any atom is 0.264 e. The number of anilines is 1. The monoisotopic (exact) mass is 191 g/mol. The Kier molecular flexibility index (Phi) is 2.66. The molecule has 0 bridgehead atoms. The number of halogens is 1. The van der Waals surface area contributed by atoms with Gasteiger partial charge < -0.3 is 0 Å². The lowest BCUT2D eigenvalue weighted by Gasteiger charge is -2.09. The van der Waals surface area contributed by atoms with E-state index < -0.39 is 17.1 Å². The number of aromatic nitrogens is 2. The smallest absolute Gasteiger partial charge is 0.264 e. The van der Waals surface area contributed by atoms with Crippen LogP contribution in [-0.4, -0.2) is 25.8 Å². The van der Waals surface area contributed by atoms with Gasteiger partial charge in [0.1, 0.15) is 0 Å². The first kappa shape index (κ1) is 9.01. The lowest BCUT2D eigenvalue weighted by molar-refractivity contribution is 0.560. The minimum absolute atomic E-state index is 0.00256. The summed E-state index contributed by atoms with van der Waals surface area (Å²) in [6.07, 6.45) is 1.84. The number of hydrogen-bond donors (Lipinski definition) is 1. The standard InChI is InChI=1S/C5H6FN3O2S/c1-9(12(10)11)5-7-2-4(6)3-8-5/h2-3H,1H3,(H,10,11). The van der Waals surface area contributed by atoms with Gasteiger partial charge in [-0.05, 0) is 0 Å². The Morgan fingerprint density at radius 2 is 2.08 bits per heavy atom. The average Bonchev–Trinajstić information content (AvgIpc) is 2.04. The van der Waals surface area contributed by atoms with Gasteiger partial charge in [0.15, 0.2) is 5.82 Å². The Hall–Kier alpha value is -1.08. The van der Waals surface area contributed by atoms with Crippen LogP contribution >= 0.6 is 0 Å². The highest BCUT2D eigenvalue weighted by Crippen LogP contribution is 2.04. The first-order valence-corrected chi connectivity index (χ1v) is 4.00. The van der Waals surface area contributed by atoms with Crippen LogP contribution in [0.25, 0.3) is 0 Å². The second-order valence-corrected chi connectivity index (χ2v) is 2.94. The molecule has 1 atom stereocenters. The van der Waals surface area contributed by atoms with Crippen LogP contribution in [-0.2, 0) is 11.3 Å². The molecule has 0 amide bonds. The van der Waals surface area contributed by atoms with E-state index in [0.717, 1.165) is 16.7 Å². The van der Waals surface area contributed by atoms with Crippen LogP contribution in [0.1, 0.15) is 0 Å². The van der Waals surface area contributed by atoms with E-state index in [2.05, 4.69) is 9.97 Å². The Labute approximate surface area is 70.7 Å². The van der Waals surface area contributed by atoms with Gasteiger partial charge in [-0.1, -0.05) is 0 Å². The van der Waals surface area contributed by atoms with Crippen molar-refractivity contribution in [3.63, 3.8) is 0 Å². The molecule has 0 aliphatic rings. The summed E-state index contributed by atoms with van der Waals surface area (Å²) in [4.78, 5) is 6.97. The van der Waals surface area contributed by atoms with Crippen molar-refractivity contribution in [1.29, 1.82) is 0 Å². The molecular formula is C5H6FN3O2S. The largest absolute Gasteiger partial charge is 0.289 e. The summed E-state index contributed by atoms with van der Waals surface area (Å²) < 4.78 is 32.2. The van der Waals surface area contributed by atoms with Crippen LogP contribution in [0.3, 0.4) is 0 Å². The van der Waals surface area contributed by atoms with Gasteiger partial charge in [0.2, 0.25) is 5.95 Å². The molecule has 0 aliphatic heterocycles. The van der Waals surface area contributed by atoms with Gasteiger partial charge in [-0.15, -0.1) is 0 Å². The number of hydrogen-bond acceptors (Lipinski definition) is 3. The summed E-state index contributed by atoms with van der Waals surface area (Å²) in [5, 5.41) is 0. The minimum Gasteiger partial charge on any atom is -0.289 e. The fraction of sp³-hybridized carbons (Fsp3) is 0.200. The van der Waals surface area contributed by atoms with E-state index in [-0.39, 0.29) is 5.95 Å². The number of rotatable bonds is 2. The minimum atomic E-state index is -2.18. The summed E-state index contributed by atoms with van der Waals surface area (Å²) in [6.45, 7) is 0. The van der Waals surface area contributed by atoms with Gasteiger partial charge in [-0.3, -0.25) is 4.55 Å². The second kappa shape index (κ2) is 3.55. The lowest BCUT2D eigenvalue weighted by Crippen LogP contribution is -2.21. The molecule has 0 spiro atoms. The van der Waals surface area contributed by atoms with Crippen LogP contribution < -0.4 is 4.31 Å². The Morgan fingerprint density at radius 3 is 2.50 bits per heavy atom. The second-order valence-electron chi connectivity index (χ2n) is 1.93. The van der Waals surface area contributed by atoms with Crippen LogP contribution in [0.4, 0.5) is 10.3 Å². The van der Waals surface area contributed by atoms with Gasteiger partial charge in [0.25, 0.3) is 11.3 Å². The van der Waals surface area contributed by atoms with E-state index in [9.17, 15) is 8.60 Å². The predicted octanol–water partition coefficient (Wildman–Crippen LogP) is 0.189. The van der Waals surface area contributed by atoms with E-state index in [1.807, 2.05) is 0 Å². The molecule has 1 heterocycles. The third-order valence-electron chi connectivity index (χ3n) is 1.12. The molecule has 0 saturated carbocycles. The van der Waals surface area contributed by atoms with E-state index in [4.69, 9.17) is 4.55 Å². The molecule has 1 aromatic rings. The van der Waals surface area contributed by atoms with Gasteiger partial charge in [-0.2, -0.15) is 0 Å². The molecule has 1 unspecified atom stereocenters. The third kappa shape index (κ3) is 1.95. The van der Waals surface area contributed by atoms with Gasteiger partial charge in [0, 0.05) is 7.05 Å². The quantitative estimate of drug-likeness (QED) is 0.677. The zero-order chi connectivity index (χ0) is 9.14. The van der Waals surface area contributed by atoms with Crippen molar-refractivity contribution in [2.75, 3.05) is 11.4 Å². The summed E-state index contributed by atoms with van der Waals surface area (Å²) in [5.41, 5.74) is 0. The predicted molar refractivity (Wildman–Crippen MR) is 41.2 cm³/mol. The molecule has 1 rings (SSSR count). The Morgan fingerprint density at radius 1 is 1.58 bits per heavy atom. The molecule has 1 N–H and O–H groups in total. The fourth-order valence-electron chi connectivity index (χ4n) is 0.538. The lowest BCUT2D eigenvalue weighted by atomic mass is 10.6. The molecule has 0 saturated heterocycles. The zero-order valence-corrected chi connectivity index (χ0v) is 6.95. The summed E-state index contributed by atoms with van der Waals surface area (Å²) in [6, 6.07) is 0. The number of nitrogens with zero attached hydrogens (tertiary/aromatic N) is 3. The molecule has 0 aliphatic carbocycles. The maximum atomic E-state index is 12.3. The molecule has 0 fully saturated rings. The zero-order valence-electron chi connectivity index (χ0n) is 6.14. The van der Waals surface area contributed by atoms with Crippen LogP contribution in [0.5, 0.6) is 0 Å². The van der Waals surface area contributed by atoms with E-state index >= 15 is 0 Å². The first-order chi connectivity index (χ1) is 5.61. The average molecular weight is 191 g/mol. The normalized spacial score (nSPS) is 12.6. The highest BCUT2D eigenvalue weighted by Gasteiger charge is 2.08. The molecule has 66 valence electrons. The molecule has 0 radical (unpaired) electrons. The SMILES string of the molecule is CN(c1ncc(F)cn1)S(=O)O. The Balaban J connectivity index is 2.89. The topological polar surface area (TPSA) is 66.3 Å². The van der Waals surface area contributed by atoms with E-state index in [1.165, 1.54) is 7.05 Å². The summed E-state index contributed by atoms with van der Waals surface area (Å²) >= 11 is -2.18. The van der Waals surface area contributed by atoms with Crippen molar-refractivity contribution in [3.8, 4) is 0 Å². The molecule has 1 aromatic heterocycles. The van der Waals surface area contributed by atoms with Crippen LogP contribution in [0.15, 0.2) is 12.4 Å². The molecule has 0 aromatic carbocycles. The van der Waals surface area contributed by atoms with E-state index in [1.54, 1.807) is 0 Å². The molecule has 5 nitrogen and oxygen atoms in total. The Bertz CT molecular complexity index is 291.